The second kappa shape index (κ2) is 20.1. The fourth-order valence-electron chi connectivity index (χ4n) is 3.05. The largest absolute Gasteiger partial charge is 0.464 e. The fourth-order valence-corrected chi connectivity index (χ4v) is 3.05. The first-order valence-electron chi connectivity index (χ1n) is 10.9. The molecule has 5 nitrogen and oxygen atoms in total. The van der Waals surface area contributed by atoms with Gasteiger partial charge in [0.25, 0.3) is 0 Å². The molecule has 0 aliphatic carbocycles. The number of nitrogens with two attached hydrogens (primary N) is 1. The predicted molar refractivity (Wildman–Crippen MR) is 108 cm³/mol. The van der Waals surface area contributed by atoms with Gasteiger partial charge in [-0.05, 0) is 6.42 Å². The number of carbonyl (C=O) groups excluding carboxylic acids is 2. The summed E-state index contributed by atoms with van der Waals surface area (Å²) in [5.41, 5.74) is 4.88. The summed E-state index contributed by atoms with van der Waals surface area (Å²) in [5, 5.41) is 2.22. The van der Waals surface area contributed by atoms with Crippen LogP contribution in [-0.2, 0) is 9.53 Å². The number of ether oxygens (including phenoxy) is 1. The Labute approximate surface area is 160 Å². The lowest BCUT2D eigenvalue weighted by molar-refractivity contribution is -0.142. The van der Waals surface area contributed by atoms with Crippen LogP contribution in [0.5, 0.6) is 0 Å². The molecule has 2 amide bonds. The lowest BCUT2D eigenvalue weighted by atomic mass is 10.0. The molecule has 0 radical (unpaired) electrons. The molecular formula is C21H42N2O3. The third-order valence-corrected chi connectivity index (χ3v) is 4.67. The van der Waals surface area contributed by atoms with Gasteiger partial charge in [-0.15, -0.1) is 0 Å². The number of unbranched alkanes of at least 4 members (excludes halogenated alkanes) is 15. The number of amides is 2. The van der Waals surface area contributed by atoms with Crippen LogP contribution in [0.1, 0.15) is 110 Å². The van der Waals surface area contributed by atoms with Gasteiger partial charge in [0.15, 0.2) is 0 Å². The summed E-state index contributed by atoms with van der Waals surface area (Å²) in [5.74, 6) is -0.426. The number of hydrogen-bond acceptors (Lipinski definition) is 3. The van der Waals surface area contributed by atoms with Crippen LogP contribution in [-0.4, -0.2) is 25.2 Å². The zero-order valence-electron chi connectivity index (χ0n) is 17.0. The summed E-state index contributed by atoms with van der Waals surface area (Å²) < 4.78 is 5.00. The predicted octanol–water partition coefficient (Wildman–Crippen LogP) is 5.46. The number of urea groups is 1. The van der Waals surface area contributed by atoms with Gasteiger partial charge >= 0.3 is 12.0 Å². The summed E-state index contributed by atoms with van der Waals surface area (Å²) in [6.45, 7) is 2.55. The summed E-state index contributed by atoms with van der Waals surface area (Å²) in [7, 11) is 0. The maximum atomic E-state index is 11.2. The van der Waals surface area contributed by atoms with Gasteiger partial charge in [0.2, 0.25) is 0 Å². The quantitative estimate of drug-likeness (QED) is 0.234. The van der Waals surface area contributed by atoms with Crippen LogP contribution in [0.3, 0.4) is 0 Å². The molecule has 0 heterocycles. The van der Waals surface area contributed by atoms with E-state index in [1.165, 1.54) is 89.9 Å². The van der Waals surface area contributed by atoms with Gasteiger partial charge in [-0.2, -0.15) is 0 Å². The van der Waals surface area contributed by atoms with E-state index in [0.29, 0.717) is 6.61 Å². The van der Waals surface area contributed by atoms with Gasteiger partial charge in [0.1, 0.15) is 6.54 Å². The molecule has 0 atom stereocenters. The number of hydrogen-bond donors (Lipinski definition) is 2. The molecule has 154 valence electrons. The third kappa shape index (κ3) is 20.8. The first kappa shape index (κ1) is 24.7. The van der Waals surface area contributed by atoms with Gasteiger partial charge < -0.3 is 15.8 Å². The van der Waals surface area contributed by atoms with E-state index in [1.807, 2.05) is 0 Å². The molecule has 0 rings (SSSR count). The number of primary amides is 1. The van der Waals surface area contributed by atoms with Crippen LogP contribution in [0.4, 0.5) is 4.79 Å². The maximum Gasteiger partial charge on any atom is 0.325 e. The van der Waals surface area contributed by atoms with Crippen molar-refractivity contribution in [1.82, 2.24) is 5.32 Å². The Morgan fingerprint density at radius 2 is 1.08 bits per heavy atom. The second-order valence-electron chi connectivity index (χ2n) is 7.24. The fraction of sp³-hybridized carbons (Fsp3) is 0.905. The molecular weight excluding hydrogens is 328 g/mol. The maximum absolute atomic E-state index is 11.2. The Morgan fingerprint density at radius 1 is 0.692 bits per heavy atom. The van der Waals surface area contributed by atoms with Crippen LogP contribution >= 0.6 is 0 Å². The van der Waals surface area contributed by atoms with E-state index in [0.717, 1.165) is 12.8 Å². The summed E-state index contributed by atoms with van der Waals surface area (Å²) in [6, 6.07) is -0.704. The second-order valence-corrected chi connectivity index (χ2v) is 7.24. The highest BCUT2D eigenvalue weighted by atomic mass is 16.5. The Hall–Kier alpha value is -1.26. The van der Waals surface area contributed by atoms with Crippen molar-refractivity contribution in [3.05, 3.63) is 0 Å². The van der Waals surface area contributed by atoms with E-state index in [-0.39, 0.29) is 6.54 Å². The molecule has 5 heteroatoms. The van der Waals surface area contributed by atoms with E-state index in [2.05, 4.69) is 12.2 Å². The Morgan fingerprint density at radius 3 is 1.46 bits per heavy atom. The number of nitrogens with one attached hydrogen (secondary N) is 1. The van der Waals surface area contributed by atoms with Gasteiger partial charge in [-0.3, -0.25) is 4.79 Å². The molecule has 0 aromatic heterocycles. The third-order valence-electron chi connectivity index (χ3n) is 4.67. The minimum atomic E-state index is -0.704. The summed E-state index contributed by atoms with van der Waals surface area (Å²) >= 11 is 0. The van der Waals surface area contributed by atoms with Crippen molar-refractivity contribution in [2.24, 2.45) is 5.73 Å². The van der Waals surface area contributed by atoms with Gasteiger partial charge in [0.05, 0.1) is 6.61 Å². The van der Waals surface area contributed by atoms with Gasteiger partial charge in [0, 0.05) is 0 Å². The number of carbonyl (C=O) groups is 2. The van der Waals surface area contributed by atoms with Crippen molar-refractivity contribution < 1.29 is 14.3 Å². The van der Waals surface area contributed by atoms with Crippen LogP contribution in [0.15, 0.2) is 0 Å². The van der Waals surface area contributed by atoms with Crippen LogP contribution in [0, 0.1) is 0 Å². The highest BCUT2D eigenvalue weighted by molar-refractivity contribution is 5.79. The van der Waals surface area contributed by atoms with Crippen molar-refractivity contribution in [3.8, 4) is 0 Å². The van der Waals surface area contributed by atoms with E-state index in [4.69, 9.17) is 10.5 Å². The van der Waals surface area contributed by atoms with E-state index in [9.17, 15) is 9.59 Å². The molecule has 0 unspecified atom stereocenters. The van der Waals surface area contributed by atoms with Crippen LogP contribution in [0.25, 0.3) is 0 Å². The Bertz CT molecular complexity index is 335. The SMILES string of the molecule is CCCCCCCCCCCCCCCCCCOC(=O)CNC(N)=O. The van der Waals surface area contributed by atoms with Crippen molar-refractivity contribution in [2.75, 3.05) is 13.2 Å². The topological polar surface area (TPSA) is 81.4 Å². The average molecular weight is 371 g/mol. The van der Waals surface area contributed by atoms with Crippen molar-refractivity contribution in [2.45, 2.75) is 110 Å². The minimum absolute atomic E-state index is 0.145. The van der Waals surface area contributed by atoms with E-state index in [1.54, 1.807) is 0 Å². The highest BCUT2D eigenvalue weighted by Gasteiger charge is 2.03. The monoisotopic (exact) mass is 370 g/mol. The first-order valence-corrected chi connectivity index (χ1v) is 10.9. The zero-order chi connectivity index (χ0) is 19.3. The molecule has 0 saturated heterocycles. The summed E-state index contributed by atoms with van der Waals surface area (Å²) in [6.07, 6.45) is 21.2. The first-order chi connectivity index (χ1) is 12.7. The molecule has 0 aromatic carbocycles. The lowest BCUT2D eigenvalue weighted by Crippen LogP contribution is -2.34. The van der Waals surface area contributed by atoms with Crippen molar-refractivity contribution in [1.29, 1.82) is 0 Å². The molecule has 0 aliphatic rings. The lowest BCUT2D eigenvalue weighted by Gasteiger charge is -2.05. The average Bonchev–Trinajstić information content (AvgIpc) is 2.62. The minimum Gasteiger partial charge on any atom is -0.464 e. The number of rotatable bonds is 19. The Balaban J connectivity index is 3.09. The highest BCUT2D eigenvalue weighted by Crippen LogP contribution is 2.13. The van der Waals surface area contributed by atoms with Crippen LogP contribution < -0.4 is 11.1 Å². The summed E-state index contributed by atoms with van der Waals surface area (Å²) in [4.78, 5) is 21.7. The van der Waals surface area contributed by atoms with Gasteiger partial charge in [-0.1, -0.05) is 103 Å². The molecule has 0 bridgehead atoms. The van der Waals surface area contributed by atoms with Gasteiger partial charge in [-0.25, -0.2) is 4.79 Å². The molecule has 0 aromatic rings. The Kier molecular flexibility index (Phi) is 19.1. The molecule has 0 aliphatic heterocycles. The van der Waals surface area contributed by atoms with Crippen LogP contribution in [0.2, 0.25) is 0 Å². The molecule has 0 fully saturated rings. The molecule has 0 spiro atoms. The molecule has 3 N–H and O–H groups in total. The normalized spacial score (nSPS) is 10.7. The standard InChI is InChI=1S/C21H42N2O3/c1-2-3-4-5-6-7-8-9-10-11-12-13-14-15-16-17-18-26-20(24)19-23-21(22)25/h2-19H2,1H3,(H3,22,23,25). The molecule has 0 saturated carbocycles. The van der Waals surface area contributed by atoms with Crippen molar-refractivity contribution >= 4 is 12.0 Å². The molecule has 26 heavy (non-hydrogen) atoms. The van der Waals surface area contributed by atoms with E-state index < -0.39 is 12.0 Å². The van der Waals surface area contributed by atoms with E-state index >= 15 is 0 Å². The smallest absolute Gasteiger partial charge is 0.325 e. The van der Waals surface area contributed by atoms with Crippen molar-refractivity contribution in [3.63, 3.8) is 0 Å². The number of esters is 1. The zero-order valence-corrected chi connectivity index (χ0v) is 17.0.